The predicted octanol–water partition coefficient (Wildman–Crippen LogP) is 10.6. The van der Waals surface area contributed by atoms with Crippen LogP contribution in [-0.4, -0.2) is 76.3 Å². The summed E-state index contributed by atoms with van der Waals surface area (Å²) in [5.41, 5.74) is 5.48. The fourth-order valence-corrected chi connectivity index (χ4v) is 10.2. The highest BCUT2D eigenvalue weighted by Gasteiger charge is 2.44. The summed E-state index contributed by atoms with van der Waals surface area (Å²) in [6.07, 6.45) is -0.629. The quantitative estimate of drug-likeness (QED) is 0.0417. The topological polar surface area (TPSA) is 179 Å². The van der Waals surface area contributed by atoms with Crippen molar-refractivity contribution in [1.82, 2.24) is 31.2 Å². The van der Waals surface area contributed by atoms with Crippen LogP contribution in [-0.2, 0) is 38.3 Å². The summed E-state index contributed by atoms with van der Waals surface area (Å²) in [4.78, 5) is 73.7. The number of amides is 5. The van der Waals surface area contributed by atoms with Crippen LogP contribution < -0.4 is 26.0 Å². The van der Waals surface area contributed by atoms with Gasteiger partial charge in [-0.3, -0.25) is 24.0 Å². The van der Waals surface area contributed by atoms with Crippen LogP contribution in [0.1, 0.15) is 117 Å². The minimum Gasteiger partial charge on any atom is -0.457 e. The number of hydrogen-bond acceptors (Lipinski definition) is 9. The summed E-state index contributed by atoms with van der Waals surface area (Å²) in [6, 6.07) is 29.1. The number of aromatic nitrogens is 1. The van der Waals surface area contributed by atoms with Crippen LogP contribution in [0.25, 0.3) is 21.2 Å². The first-order valence-electron chi connectivity index (χ1n) is 25.8. The molecule has 0 spiro atoms. The second kappa shape index (κ2) is 25.6. The summed E-state index contributed by atoms with van der Waals surface area (Å²) in [5, 5.41) is 24.0. The van der Waals surface area contributed by atoms with Crippen molar-refractivity contribution in [2.24, 2.45) is 11.3 Å². The third-order valence-corrected chi connectivity index (χ3v) is 14.7. The molecule has 1 aliphatic rings. The van der Waals surface area contributed by atoms with Gasteiger partial charge in [0.2, 0.25) is 23.6 Å². The smallest absolute Gasteiger partial charge is 0.416 e. The lowest BCUT2D eigenvalue weighted by molar-refractivity contribution is -0.144. The number of aliphatic hydroxyl groups excluding tert-OH is 1. The van der Waals surface area contributed by atoms with Crippen LogP contribution in [0.15, 0.2) is 115 Å². The number of benzene rings is 5. The Morgan fingerprint density at radius 3 is 2.24 bits per heavy atom. The number of aliphatic hydroxyl groups is 1. The van der Waals surface area contributed by atoms with E-state index in [9.17, 15) is 42.3 Å². The molecule has 4 atom stereocenters. The molecule has 0 aliphatic carbocycles. The van der Waals surface area contributed by atoms with Gasteiger partial charge in [0, 0.05) is 50.0 Å². The molecule has 2 heterocycles. The van der Waals surface area contributed by atoms with Gasteiger partial charge in [-0.15, -0.1) is 11.3 Å². The van der Waals surface area contributed by atoms with Crippen LogP contribution in [0.4, 0.5) is 13.2 Å². The van der Waals surface area contributed by atoms with Crippen LogP contribution in [0.3, 0.4) is 0 Å². The third kappa shape index (κ3) is 15.5. The lowest BCUT2D eigenvalue weighted by Crippen LogP contribution is -2.52. The average molecular weight is 1060 g/mol. The number of carbonyl (C=O) groups excluding carboxylic acids is 5. The van der Waals surface area contributed by atoms with Crippen molar-refractivity contribution in [2.45, 2.75) is 117 Å². The van der Waals surface area contributed by atoms with Gasteiger partial charge in [-0.05, 0) is 108 Å². The number of thiazole rings is 1. The summed E-state index contributed by atoms with van der Waals surface area (Å²) >= 11 is 1.57. The molecule has 0 radical (unpaired) electrons. The molecule has 402 valence electrons. The second-order valence-electron chi connectivity index (χ2n) is 20.6. The lowest BCUT2D eigenvalue weighted by Gasteiger charge is -2.35. The van der Waals surface area contributed by atoms with E-state index in [1.165, 1.54) is 17.0 Å². The Morgan fingerprint density at radius 2 is 1.53 bits per heavy atom. The van der Waals surface area contributed by atoms with Crippen molar-refractivity contribution in [3.05, 3.63) is 148 Å². The van der Waals surface area contributed by atoms with Crippen molar-refractivity contribution in [2.75, 3.05) is 19.6 Å². The van der Waals surface area contributed by atoms with E-state index in [1.54, 1.807) is 41.7 Å². The number of nitrogens with zero attached hydrogens (tertiary/aromatic N) is 2. The number of β-amino-alcohol motifs (C(OH)–C–C–N with tert-alkyl or cyclic N) is 1. The van der Waals surface area contributed by atoms with Crippen LogP contribution in [0, 0.1) is 18.3 Å². The van der Waals surface area contributed by atoms with Crippen molar-refractivity contribution < 1.29 is 47.0 Å². The van der Waals surface area contributed by atoms with Crippen molar-refractivity contribution in [1.29, 1.82) is 0 Å². The van der Waals surface area contributed by atoms with Gasteiger partial charge in [0.1, 0.15) is 17.5 Å². The number of unbranched alkanes of at least 4 members (excludes halogenated alkanes) is 4. The van der Waals surface area contributed by atoms with E-state index in [2.05, 4.69) is 26.3 Å². The van der Waals surface area contributed by atoms with Gasteiger partial charge in [-0.1, -0.05) is 101 Å². The monoisotopic (exact) mass is 1060 g/mol. The molecule has 5 N–H and O–H groups in total. The highest BCUT2D eigenvalue weighted by Crippen LogP contribution is 2.35. The van der Waals surface area contributed by atoms with Crippen LogP contribution in [0.5, 0.6) is 11.5 Å². The Balaban J connectivity index is 0.772. The normalized spacial score (nSPS) is 15.5. The van der Waals surface area contributed by atoms with E-state index in [1.807, 2.05) is 94.7 Å². The number of hydrogen-bond donors (Lipinski definition) is 5. The Bertz CT molecular complexity index is 2970. The predicted molar refractivity (Wildman–Crippen MR) is 288 cm³/mol. The molecule has 1 aliphatic heterocycles. The maximum absolute atomic E-state index is 14.1. The first-order chi connectivity index (χ1) is 36.2. The summed E-state index contributed by atoms with van der Waals surface area (Å²) in [7, 11) is 0. The molecule has 1 fully saturated rings. The molecule has 76 heavy (non-hydrogen) atoms. The molecule has 13 nitrogen and oxygen atoms in total. The lowest BCUT2D eigenvalue weighted by atomic mass is 9.79. The minimum atomic E-state index is -4.45. The first kappa shape index (κ1) is 56.6. The number of aryl methyl sites for hydroxylation is 1. The Morgan fingerprint density at radius 1 is 0.816 bits per heavy atom. The molecular formula is C59H67F3N6O7S. The number of carbonyl (C=O) groups is 5. The van der Waals surface area contributed by atoms with E-state index in [0.29, 0.717) is 36.1 Å². The average Bonchev–Trinajstić information content (AvgIpc) is 4.01. The van der Waals surface area contributed by atoms with Gasteiger partial charge < -0.3 is 36.0 Å². The molecule has 1 unspecified atom stereocenters. The number of alkyl halides is 3. The van der Waals surface area contributed by atoms with E-state index >= 15 is 0 Å². The van der Waals surface area contributed by atoms with E-state index in [0.717, 1.165) is 76.0 Å². The Hall–Kier alpha value is -7.11. The summed E-state index contributed by atoms with van der Waals surface area (Å²) < 4.78 is 44.9. The van der Waals surface area contributed by atoms with E-state index in [-0.39, 0.29) is 73.8 Å². The van der Waals surface area contributed by atoms with Crippen LogP contribution in [0.2, 0.25) is 0 Å². The number of fused-ring (bicyclic) bond motifs is 1. The van der Waals surface area contributed by atoms with Crippen molar-refractivity contribution in [3.63, 3.8) is 0 Å². The molecule has 5 aromatic carbocycles. The molecular weight excluding hydrogens is 994 g/mol. The van der Waals surface area contributed by atoms with Gasteiger partial charge in [-0.25, -0.2) is 4.98 Å². The van der Waals surface area contributed by atoms with Gasteiger partial charge in [-0.2, -0.15) is 13.2 Å². The first-order valence-corrected chi connectivity index (χ1v) is 26.7. The second-order valence-corrected chi connectivity index (χ2v) is 21.5. The molecule has 0 bridgehead atoms. The van der Waals surface area contributed by atoms with E-state index < -0.39 is 35.2 Å². The molecule has 0 saturated carbocycles. The third-order valence-electron chi connectivity index (χ3n) is 13.7. The molecule has 6 aromatic rings. The maximum atomic E-state index is 14.1. The maximum Gasteiger partial charge on any atom is 0.416 e. The number of halogens is 3. The highest BCUT2D eigenvalue weighted by molar-refractivity contribution is 7.13. The summed E-state index contributed by atoms with van der Waals surface area (Å²) in [6.45, 7) is 10.6. The molecule has 7 rings (SSSR count). The molecule has 1 aromatic heterocycles. The highest BCUT2D eigenvalue weighted by atomic mass is 32.1. The van der Waals surface area contributed by atoms with Gasteiger partial charge in [0.05, 0.1) is 46.1 Å². The van der Waals surface area contributed by atoms with Gasteiger partial charge in [0.25, 0.3) is 5.91 Å². The zero-order valence-electron chi connectivity index (χ0n) is 43.6. The summed E-state index contributed by atoms with van der Waals surface area (Å²) in [5.74, 6) is -1.12. The number of rotatable bonds is 22. The zero-order valence-corrected chi connectivity index (χ0v) is 44.4. The Kier molecular flexibility index (Phi) is 19.1. The largest absolute Gasteiger partial charge is 0.457 e. The fourth-order valence-electron chi connectivity index (χ4n) is 9.34. The number of likely N-dealkylation sites (tertiary alicyclic amines) is 1. The number of ether oxygens (including phenoxy) is 1. The van der Waals surface area contributed by atoms with Crippen LogP contribution >= 0.6 is 11.3 Å². The fraction of sp³-hybridized carbons (Fsp3) is 0.390. The van der Waals surface area contributed by atoms with Gasteiger partial charge in [0.15, 0.2) is 0 Å². The van der Waals surface area contributed by atoms with Crippen molar-refractivity contribution >= 4 is 51.6 Å². The SMILES string of the molecule is Cc1ncsc1-c1ccc([C@H](C)NC(=O)[C@@H]2C[C@@H](O)CN2C(=O)C(CNC(=O)CCCCCCCNC(=O)Cc2cccc(CNC(=O)c3ccc4c(Oc5ccc(C(F)(F)F)cc5)cccc4c3)c2)C(C)(C)C)cc1. The van der Waals surface area contributed by atoms with E-state index in [4.69, 9.17) is 4.74 Å². The standard InChI is InChI=1S/C59H67F3N6O7S/c1-37(41-18-20-42(21-19-41)54-38(2)66-36-76-54)67-56(73)50-32-46(69)35-68(50)57(74)49(58(3,4)5)34-64-52(70)17-9-7-6-8-10-28-63-53(71)30-39-13-11-14-40(29-39)33-65-55(72)44-22-27-48-43(31-44)15-12-16-51(48)75-47-25-23-45(24-26-47)59(60,61)62/h11-16,18-27,29,31,36-37,46,49-50,69H,6-10,17,28,30,32-35H2,1-5H3,(H,63,71)(H,64,70)(H,65,72)(H,67,73)/t37-,46+,49?,50-/m0/s1. The Labute approximate surface area is 446 Å². The zero-order chi connectivity index (χ0) is 54.6. The number of nitrogens with one attached hydrogen (secondary N) is 4. The molecule has 17 heteroatoms. The molecule has 5 amide bonds. The van der Waals surface area contributed by atoms with Gasteiger partial charge >= 0.3 is 6.18 Å². The van der Waals surface area contributed by atoms with Crippen molar-refractivity contribution in [3.8, 4) is 21.9 Å². The molecule has 1 saturated heterocycles. The minimum absolute atomic E-state index is 0.0381.